The second-order valence-corrected chi connectivity index (χ2v) is 8.92. The van der Waals surface area contributed by atoms with Crippen molar-refractivity contribution >= 4 is 27.4 Å². The SMILES string of the molecule is CC(=O)Nc1ccc(S(=O)(=O)N2CCC3CN(c4ccccn4)CC32)cc1. The fraction of sp³-hybridized carbons (Fsp3) is 0.368. The van der Waals surface area contributed by atoms with Gasteiger partial charge in [-0.25, -0.2) is 13.4 Å². The molecule has 8 heteroatoms. The molecule has 7 nitrogen and oxygen atoms in total. The van der Waals surface area contributed by atoms with Gasteiger partial charge in [0.15, 0.2) is 0 Å². The van der Waals surface area contributed by atoms with Gasteiger partial charge in [-0.15, -0.1) is 0 Å². The molecule has 2 aliphatic rings. The standard InChI is InChI=1S/C19H22N4O3S/c1-14(24)21-16-5-7-17(8-6-16)27(25,26)23-11-9-15-12-22(13-18(15)23)19-4-2-3-10-20-19/h2-8,10,15,18H,9,11-13H2,1H3,(H,21,24). The zero-order valence-electron chi connectivity index (χ0n) is 15.1. The number of hydrogen-bond donors (Lipinski definition) is 1. The summed E-state index contributed by atoms with van der Waals surface area (Å²) >= 11 is 0. The Morgan fingerprint density at radius 1 is 1.15 bits per heavy atom. The Kier molecular flexibility index (Phi) is 4.61. The molecular formula is C19H22N4O3S. The molecule has 1 amide bonds. The minimum Gasteiger partial charge on any atom is -0.355 e. The lowest BCUT2D eigenvalue weighted by Gasteiger charge is -2.25. The van der Waals surface area contributed by atoms with Crippen LogP contribution in [0.15, 0.2) is 53.6 Å². The number of carbonyl (C=O) groups is 1. The monoisotopic (exact) mass is 386 g/mol. The maximum absolute atomic E-state index is 13.2. The van der Waals surface area contributed by atoms with E-state index in [1.54, 1.807) is 34.8 Å². The van der Waals surface area contributed by atoms with E-state index in [4.69, 9.17) is 0 Å². The number of amides is 1. The number of pyridine rings is 1. The number of fused-ring (bicyclic) bond motifs is 1. The summed E-state index contributed by atoms with van der Waals surface area (Å²) in [6.45, 7) is 3.45. The summed E-state index contributed by atoms with van der Waals surface area (Å²) in [5.74, 6) is 1.03. The van der Waals surface area contributed by atoms with Gasteiger partial charge >= 0.3 is 0 Å². The van der Waals surface area contributed by atoms with Crippen LogP contribution in [0.5, 0.6) is 0 Å². The Labute approximate surface area is 159 Å². The molecule has 2 aliphatic heterocycles. The Balaban J connectivity index is 1.53. The van der Waals surface area contributed by atoms with Crippen molar-refractivity contribution in [2.45, 2.75) is 24.3 Å². The number of anilines is 2. The van der Waals surface area contributed by atoms with Crippen LogP contribution in [0.2, 0.25) is 0 Å². The highest BCUT2D eigenvalue weighted by molar-refractivity contribution is 7.89. The fourth-order valence-electron chi connectivity index (χ4n) is 4.00. The van der Waals surface area contributed by atoms with E-state index < -0.39 is 10.0 Å². The Hall–Kier alpha value is -2.45. The van der Waals surface area contributed by atoms with Gasteiger partial charge in [-0.2, -0.15) is 4.31 Å². The van der Waals surface area contributed by atoms with Crippen LogP contribution in [0.1, 0.15) is 13.3 Å². The minimum atomic E-state index is -3.57. The number of benzene rings is 1. The minimum absolute atomic E-state index is 0.0352. The second-order valence-electron chi connectivity index (χ2n) is 7.03. The zero-order chi connectivity index (χ0) is 19.0. The van der Waals surface area contributed by atoms with Gasteiger partial charge in [0.25, 0.3) is 0 Å². The summed E-state index contributed by atoms with van der Waals surface area (Å²) in [5, 5.41) is 2.65. The van der Waals surface area contributed by atoms with Crippen LogP contribution in [0, 0.1) is 5.92 Å². The van der Waals surface area contributed by atoms with E-state index in [0.29, 0.717) is 24.7 Å². The molecule has 2 aromatic rings. The lowest BCUT2D eigenvalue weighted by molar-refractivity contribution is -0.114. The number of nitrogens with zero attached hydrogens (tertiary/aromatic N) is 3. The van der Waals surface area contributed by atoms with E-state index in [0.717, 1.165) is 18.8 Å². The molecule has 1 N–H and O–H groups in total. The number of sulfonamides is 1. The van der Waals surface area contributed by atoms with Crippen molar-refractivity contribution in [1.82, 2.24) is 9.29 Å². The van der Waals surface area contributed by atoms with Gasteiger partial charge in [-0.1, -0.05) is 6.07 Å². The molecule has 2 atom stereocenters. The molecule has 4 rings (SSSR count). The van der Waals surface area contributed by atoms with Crippen molar-refractivity contribution in [3.8, 4) is 0 Å². The molecule has 2 unspecified atom stereocenters. The summed E-state index contributed by atoms with van der Waals surface area (Å²) < 4.78 is 27.9. The molecule has 3 heterocycles. The molecule has 1 aromatic carbocycles. The number of rotatable bonds is 4. The Morgan fingerprint density at radius 3 is 2.59 bits per heavy atom. The van der Waals surface area contributed by atoms with Gasteiger partial charge in [0.1, 0.15) is 5.82 Å². The van der Waals surface area contributed by atoms with Crippen LogP contribution in [-0.2, 0) is 14.8 Å². The van der Waals surface area contributed by atoms with Crippen molar-refractivity contribution in [1.29, 1.82) is 0 Å². The number of carbonyl (C=O) groups excluding carboxylic acids is 1. The van der Waals surface area contributed by atoms with Crippen LogP contribution in [0.4, 0.5) is 11.5 Å². The molecule has 1 aromatic heterocycles. The highest BCUT2D eigenvalue weighted by atomic mass is 32.2. The third-order valence-corrected chi connectivity index (χ3v) is 7.19. The Bertz CT molecular complexity index is 931. The molecule has 0 bridgehead atoms. The number of aromatic nitrogens is 1. The van der Waals surface area contributed by atoms with E-state index in [1.165, 1.54) is 6.92 Å². The van der Waals surface area contributed by atoms with E-state index >= 15 is 0 Å². The van der Waals surface area contributed by atoms with Crippen molar-refractivity contribution in [2.24, 2.45) is 5.92 Å². The van der Waals surface area contributed by atoms with Gasteiger partial charge in [0.2, 0.25) is 15.9 Å². The van der Waals surface area contributed by atoms with E-state index in [-0.39, 0.29) is 16.8 Å². The first kappa shape index (κ1) is 17.9. The normalized spacial score (nSPS) is 22.6. The lowest BCUT2D eigenvalue weighted by atomic mass is 10.1. The van der Waals surface area contributed by atoms with Crippen LogP contribution in [0.3, 0.4) is 0 Å². The first-order valence-corrected chi connectivity index (χ1v) is 10.4. The van der Waals surface area contributed by atoms with Crippen LogP contribution < -0.4 is 10.2 Å². The van der Waals surface area contributed by atoms with E-state index in [2.05, 4.69) is 15.2 Å². The number of hydrogen-bond acceptors (Lipinski definition) is 5. The molecule has 142 valence electrons. The van der Waals surface area contributed by atoms with E-state index in [9.17, 15) is 13.2 Å². The van der Waals surface area contributed by atoms with Gasteiger partial charge in [0, 0.05) is 44.5 Å². The lowest BCUT2D eigenvalue weighted by Crippen LogP contribution is -2.39. The molecular weight excluding hydrogens is 364 g/mol. The van der Waals surface area contributed by atoms with Crippen molar-refractivity contribution < 1.29 is 13.2 Å². The van der Waals surface area contributed by atoms with E-state index in [1.807, 2.05) is 18.2 Å². The van der Waals surface area contributed by atoms with Crippen molar-refractivity contribution in [3.63, 3.8) is 0 Å². The topological polar surface area (TPSA) is 82.6 Å². The third kappa shape index (κ3) is 3.42. The average Bonchev–Trinajstić information content (AvgIpc) is 3.23. The second kappa shape index (κ2) is 6.94. The van der Waals surface area contributed by atoms with Crippen molar-refractivity contribution in [2.75, 3.05) is 29.9 Å². The first-order valence-electron chi connectivity index (χ1n) is 9.00. The smallest absolute Gasteiger partial charge is 0.243 e. The summed E-state index contributed by atoms with van der Waals surface area (Å²) in [7, 11) is -3.57. The number of nitrogens with one attached hydrogen (secondary N) is 1. The zero-order valence-corrected chi connectivity index (χ0v) is 15.9. The van der Waals surface area contributed by atoms with Crippen molar-refractivity contribution in [3.05, 3.63) is 48.7 Å². The summed E-state index contributed by atoms with van der Waals surface area (Å²) in [5.41, 5.74) is 0.586. The van der Waals surface area contributed by atoms with Gasteiger partial charge in [0.05, 0.1) is 4.90 Å². The highest BCUT2D eigenvalue weighted by Crippen LogP contribution is 2.36. The predicted octanol–water partition coefficient (Wildman–Crippen LogP) is 1.94. The maximum Gasteiger partial charge on any atom is 0.243 e. The molecule has 0 aliphatic carbocycles. The molecule has 2 fully saturated rings. The third-order valence-electron chi connectivity index (χ3n) is 5.25. The molecule has 27 heavy (non-hydrogen) atoms. The molecule has 0 radical (unpaired) electrons. The van der Waals surface area contributed by atoms with Crippen LogP contribution >= 0.6 is 0 Å². The first-order chi connectivity index (χ1) is 12.9. The maximum atomic E-state index is 13.2. The van der Waals surface area contributed by atoms with Crippen LogP contribution in [0.25, 0.3) is 0 Å². The van der Waals surface area contributed by atoms with Gasteiger partial charge in [-0.3, -0.25) is 4.79 Å². The fourth-order valence-corrected chi connectivity index (χ4v) is 5.69. The molecule has 0 spiro atoms. The predicted molar refractivity (Wildman–Crippen MR) is 103 cm³/mol. The molecule has 0 saturated carbocycles. The highest BCUT2D eigenvalue weighted by Gasteiger charge is 2.46. The summed E-state index contributed by atoms with van der Waals surface area (Å²) in [6, 6.07) is 12.1. The molecule has 2 saturated heterocycles. The Morgan fingerprint density at radius 2 is 1.93 bits per heavy atom. The van der Waals surface area contributed by atoms with Crippen LogP contribution in [-0.4, -0.2) is 49.3 Å². The quantitative estimate of drug-likeness (QED) is 0.868. The van der Waals surface area contributed by atoms with Gasteiger partial charge < -0.3 is 10.2 Å². The average molecular weight is 386 g/mol. The summed E-state index contributed by atoms with van der Waals surface area (Å²) in [4.78, 5) is 17.9. The van der Waals surface area contributed by atoms with Gasteiger partial charge in [-0.05, 0) is 48.7 Å². The largest absolute Gasteiger partial charge is 0.355 e. The summed E-state index contributed by atoms with van der Waals surface area (Å²) in [6.07, 6.45) is 2.62.